The van der Waals surface area contributed by atoms with Crippen LogP contribution in [0.4, 0.5) is 0 Å². The predicted molar refractivity (Wildman–Crippen MR) is 303 cm³/mol. The number of nitrogens with zero attached hydrogens (tertiary/aromatic N) is 4. The molecule has 3 heterocycles. The Hall–Kier alpha value is -9.47. The Morgan fingerprint density at radius 2 is 0.764 bits per heavy atom. The molecule has 4 nitrogen and oxygen atoms in total. The fourth-order valence-electron chi connectivity index (χ4n) is 12.0. The van der Waals surface area contributed by atoms with E-state index in [0.29, 0.717) is 5.56 Å². The van der Waals surface area contributed by atoms with Crippen molar-refractivity contribution in [2.45, 2.75) is 0 Å². The maximum absolute atomic E-state index is 9.80. The van der Waals surface area contributed by atoms with Gasteiger partial charge in [-0.2, -0.15) is 5.26 Å². The molecule has 14 rings (SSSR count). The lowest BCUT2D eigenvalue weighted by molar-refractivity contribution is 1.13. The molecule has 0 radical (unpaired) electrons. The van der Waals surface area contributed by atoms with Crippen molar-refractivity contribution in [1.29, 1.82) is 5.26 Å². The van der Waals surface area contributed by atoms with E-state index in [0.717, 1.165) is 61.3 Å². The molecule has 336 valence electrons. The third-order valence-corrected chi connectivity index (χ3v) is 19.8. The van der Waals surface area contributed by atoms with Gasteiger partial charge in [0.05, 0.1) is 56.1 Å². The van der Waals surface area contributed by atoms with Gasteiger partial charge in [0.1, 0.15) is 0 Å². The van der Waals surface area contributed by atoms with Crippen LogP contribution in [0.1, 0.15) is 5.56 Å². The molecule has 0 amide bonds. The molecule has 0 bridgehead atoms. The molecule has 0 aliphatic rings. The highest BCUT2D eigenvalue weighted by molar-refractivity contribution is 7.19. The van der Waals surface area contributed by atoms with Gasteiger partial charge in [0.15, 0.2) is 8.07 Å². The number of aromatic nitrogens is 3. The predicted octanol–water partition coefficient (Wildman–Crippen LogP) is 13.9. The first-order valence-electron chi connectivity index (χ1n) is 24.6. The summed E-state index contributed by atoms with van der Waals surface area (Å²) in [5.41, 5.74) is 12.9. The first-order chi connectivity index (χ1) is 35.7. The number of para-hydroxylation sites is 4. The molecular formula is C67H44N4Si. The van der Waals surface area contributed by atoms with E-state index in [9.17, 15) is 5.26 Å². The molecule has 0 spiro atoms. The van der Waals surface area contributed by atoms with E-state index in [-0.39, 0.29) is 0 Å². The highest BCUT2D eigenvalue weighted by atomic mass is 28.3. The van der Waals surface area contributed by atoms with Crippen LogP contribution in [0.2, 0.25) is 0 Å². The molecule has 0 aliphatic carbocycles. The number of rotatable bonds is 8. The first kappa shape index (κ1) is 41.5. The van der Waals surface area contributed by atoms with Gasteiger partial charge in [0, 0.05) is 38.0 Å². The highest BCUT2D eigenvalue weighted by Gasteiger charge is 2.41. The van der Waals surface area contributed by atoms with E-state index in [1.165, 1.54) is 53.1 Å². The maximum atomic E-state index is 9.80. The SMILES string of the molecule is N#Cc1cccc(-c2ccc3c4ccccc4n(-c4cccc5c4c4ccccc4n5-c4cccc5c6ccccc6n(-c6ccc([Si](c7ccccc7)(c7ccccc7)c7ccccc7)cc6)c45)c3c2)c1. The maximum Gasteiger partial charge on any atom is 0.179 e. The largest absolute Gasteiger partial charge is 0.309 e. The lowest BCUT2D eigenvalue weighted by Gasteiger charge is -2.34. The van der Waals surface area contributed by atoms with Crippen LogP contribution < -0.4 is 20.7 Å². The van der Waals surface area contributed by atoms with Crippen molar-refractivity contribution in [3.05, 3.63) is 272 Å². The molecule has 0 N–H and O–H groups in total. The quantitative estimate of drug-likeness (QED) is 0.111. The summed E-state index contributed by atoms with van der Waals surface area (Å²) in [6.45, 7) is 0. The van der Waals surface area contributed by atoms with Crippen LogP contribution >= 0.6 is 0 Å². The van der Waals surface area contributed by atoms with Crippen LogP contribution in [0, 0.1) is 11.3 Å². The zero-order chi connectivity index (χ0) is 47.8. The van der Waals surface area contributed by atoms with Crippen molar-refractivity contribution in [1.82, 2.24) is 13.7 Å². The molecule has 5 heteroatoms. The second-order valence-corrected chi connectivity index (χ2v) is 22.5. The minimum atomic E-state index is -2.75. The van der Waals surface area contributed by atoms with Gasteiger partial charge in [0.2, 0.25) is 0 Å². The van der Waals surface area contributed by atoms with E-state index >= 15 is 0 Å². The van der Waals surface area contributed by atoms with Crippen LogP contribution in [0.25, 0.3) is 93.6 Å². The van der Waals surface area contributed by atoms with E-state index in [4.69, 9.17) is 0 Å². The summed E-state index contributed by atoms with van der Waals surface area (Å²) in [4.78, 5) is 0. The van der Waals surface area contributed by atoms with Crippen LogP contribution in [-0.2, 0) is 0 Å². The fourth-order valence-corrected chi connectivity index (χ4v) is 16.7. The third kappa shape index (κ3) is 6.16. The molecule has 0 saturated carbocycles. The third-order valence-electron chi connectivity index (χ3n) is 15.0. The molecular weight excluding hydrogens is 889 g/mol. The fraction of sp³-hybridized carbons (Fsp3) is 0. The number of benzene rings is 11. The Morgan fingerprint density at radius 3 is 1.42 bits per heavy atom. The van der Waals surface area contributed by atoms with Crippen molar-refractivity contribution in [2.75, 3.05) is 0 Å². The minimum Gasteiger partial charge on any atom is -0.309 e. The molecule has 0 atom stereocenters. The van der Waals surface area contributed by atoms with E-state index < -0.39 is 8.07 Å². The number of hydrogen-bond donors (Lipinski definition) is 0. The van der Waals surface area contributed by atoms with E-state index in [1.54, 1.807) is 0 Å². The molecule has 0 unspecified atom stereocenters. The second-order valence-electron chi connectivity index (χ2n) is 18.7. The Labute approximate surface area is 417 Å². The molecule has 0 aliphatic heterocycles. The van der Waals surface area contributed by atoms with Crippen LogP contribution in [0.5, 0.6) is 0 Å². The molecule has 0 saturated heterocycles. The zero-order valence-corrected chi connectivity index (χ0v) is 40.2. The summed E-state index contributed by atoms with van der Waals surface area (Å²) in [5, 5.41) is 22.3. The summed E-state index contributed by atoms with van der Waals surface area (Å²) in [6, 6.07) is 99.9. The monoisotopic (exact) mass is 932 g/mol. The highest BCUT2D eigenvalue weighted by Crippen LogP contribution is 2.43. The summed E-state index contributed by atoms with van der Waals surface area (Å²) >= 11 is 0. The van der Waals surface area contributed by atoms with Gasteiger partial charge in [-0.15, -0.1) is 0 Å². The smallest absolute Gasteiger partial charge is 0.179 e. The van der Waals surface area contributed by atoms with Crippen LogP contribution in [0.15, 0.2) is 267 Å². The minimum absolute atomic E-state index is 0.648. The topological polar surface area (TPSA) is 38.6 Å². The van der Waals surface area contributed by atoms with Crippen molar-refractivity contribution < 1.29 is 0 Å². The molecule has 72 heavy (non-hydrogen) atoms. The van der Waals surface area contributed by atoms with Crippen molar-refractivity contribution in [3.63, 3.8) is 0 Å². The average Bonchev–Trinajstić information content (AvgIpc) is 4.10. The van der Waals surface area contributed by atoms with Gasteiger partial charge >= 0.3 is 0 Å². The van der Waals surface area contributed by atoms with Gasteiger partial charge in [-0.3, -0.25) is 0 Å². The van der Waals surface area contributed by atoms with E-state index in [2.05, 4.69) is 268 Å². The van der Waals surface area contributed by atoms with Gasteiger partial charge in [-0.25, -0.2) is 0 Å². The summed E-state index contributed by atoms with van der Waals surface area (Å²) < 4.78 is 7.43. The van der Waals surface area contributed by atoms with Crippen molar-refractivity contribution >= 4 is 94.2 Å². The normalized spacial score (nSPS) is 11.9. The summed E-state index contributed by atoms with van der Waals surface area (Å²) in [7, 11) is -2.75. The zero-order valence-electron chi connectivity index (χ0n) is 39.2. The van der Waals surface area contributed by atoms with Crippen LogP contribution in [-0.4, -0.2) is 21.8 Å². The number of hydrogen-bond acceptors (Lipinski definition) is 1. The lowest BCUT2D eigenvalue weighted by atomic mass is 10.0. The van der Waals surface area contributed by atoms with Gasteiger partial charge in [0.25, 0.3) is 0 Å². The first-order valence-corrected chi connectivity index (χ1v) is 26.6. The molecule has 0 fully saturated rings. The van der Waals surface area contributed by atoms with Gasteiger partial charge < -0.3 is 13.7 Å². The van der Waals surface area contributed by atoms with Gasteiger partial charge in [-0.05, 0) is 98.6 Å². The second kappa shape index (κ2) is 16.6. The molecule has 14 aromatic rings. The number of nitriles is 1. The standard InChI is InChI=1S/C67H44N4Si/c68-45-46-19-16-20-47(43-46)48-37-42-56-54-27-10-14-32-60(54)71(65(56)44-48)63-35-18-34-62-66(63)58-29-12-15-33-61(58)70(62)64-36-17-30-57-55-28-11-13-31-59(55)69(67(57)64)49-38-40-53(41-39-49)72(50-21-4-1-5-22-50,51-23-6-2-7-24-51)52-25-8-3-9-26-52/h1-44H. The average molecular weight is 933 g/mol. The summed E-state index contributed by atoms with van der Waals surface area (Å²) in [6.07, 6.45) is 0. The Morgan fingerprint density at radius 1 is 0.306 bits per heavy atom. The Balaban J connectivity index is 1.01. The van der Waals surface area contributed by atoms with Gasteiger partial charge in [-0.1, -0.05) is 200 Å². The van der Waals surface area contributed by atoms with E-state index in [1.807, 2.05) is 18.2 Å². The number of fused-ring (bicyclic) bond motifs is 9. The Kier molecular flexibility index (Phi) is 9.57. The molecule has 3 aromatic heterocycles. The van der Waals surface area contributed by atoms with Crippen molar-refractivity contribution in [3.8, 4) is 34.3 Å². The van der Waals surface area contributed by atoms with Crippen LogP contribution in [0.3, 0.4) is 0 Å². The lowest BCUT2D eigenvalue weighted by Crippen LogP contribution is -2.74. The summed E-state index contributed by atoms with van der Waals surface area (Å²) in [5.74, 6) is 0. The van der Waals surface area contributed by atoms with Crippen molar-refractivity contribution in [2.24, 2.45) is 0 Å². The Bertz CT molecular complexity index is 4350. The molecule has 11 aromatic carbocycles.